The topological polar surface area (TPSA) is 71.2 Å². The van der Waals surface area contributed by atoms with E-state index in [-0.39, 0.29) is 18.5 Å². The molecule has 0 aliphatic carbocycles. The molecule has 24 heavy (non-hydrogen) atoms. The second-order valence-corrected chi connectivity index (χ2v) is 5.71. The lowest BCUT2D eigenvalue weighted by molar-refractivity contribution is 0.311. The van der Waals surface area contributed by atoms with Crippen LogP contribution in [-0.2, 0) is 0 Å². The van der Waals surface area contributed by atoms with Gasteiger partial charge in [0.2, 0.25) is 0 Å². The zero-order valence-corrected chi connectivity index (χ0v) is 13.5. The number of aromatic nitrogens is 1. The van der Waals surface area contributed by atoms with Crippen LogP contribution in [0.15, 0.2) is 48.5 Å². The molecule has 3 rings (SSSR count). The number of aliphatic hydroxyl groups is 1. The molecule has 0 radical (unpaired) electrons. The smallest absolute Gasteiger partial charge is 0.124 e. The van der Waals surface area contributed by atoms with E-state index in [4.69, 9.17) is 5.73 Å². The van der Waals surface area contributed by atoms with Gasteiger partial charge in [0.15, 0.2) is 0 Å². The van der Waals surface area contributed by atoms with Gasteiger partial charge in [-0.25, -0.2) is 4.39 Å². The van der Waals surface area contributed by atoms with E-state index in [9.17, 15) is 9.50 Å². The minimum Gasteiger partial charge on any atom is -0.395 e. The third-order valence-electron chi connectivity index (χ3n) is 3.88. The largest absolute Gasteiger partial charge is 0.395 e. The number of rotatable bonds is 5. The summed E-state index contributed by atoms with van der Waals surface area (Å²) in [7, 11) is 0. The summed E-state index contributed by atoms with van der Waals surface area (Å²) in [6.07, 6.45) is 0. The fourth-order valence-electron chi connectivity index (χ4n) is 2.85. The fraction of sp³-hybridized carbons (Fsp3) is 0.211. The Bertz CT molecular complexity index is 850. The van der Waals surface area contributed by atoms with Crippen LogP contribution in [0.1, 0.15) is 18.7 Å². The van der Waals surface area contributed by atoms with Gasteiger partial charge in [0.25, 0.3) is 0 Å². The first-order chi connectivity index (χ1) is 11.6. The van der Waals surface area contributed by atoms with Gasteiger partial charge in [-0.2, -0.15) is 0 Å². The first-order valence-electron chi connectivity index (χ1n) is 7.90. The van der Waals surface area contributed by atoms with Crippen molar-refractivity contribution in [1.82, 2.24) is 4.98 Å². The Kier molecular flexibility index (Phi) is 4.74. The van der Waals surface area contributed by atoms with Crippen molar-refractivity contribution in [3.05, 3.63) is 60.0 Å². The highest BCUT2D eigenvalue weighted by atomic mass is 19.1. The molecule has 1 aromatic heterocycles. The fourth-order valence-corrected chi connectivity index (χ4v) is 2.85. The van der Waals surface area contributed by atoms with Gasteiger partial charge in [0.1, 0.15) is 5.82 Å². The molecule has 1 unspecified atom stereocenters. The Balaban J connectivity index is 2.37. The summed E-state index contributed by atoms with van der Waals surface area (Å²) in [4.78, 5) is 4.67. The second-order valence-electron chi connectivity index (χ2n) is 5.71. The monoisotopic (exact) mass is 325 g/mol. The minimum absolute atomic E-state index is 0.0269. The zero-order valence-electron chi connectivity index (χ0n) is 13.5. The van der Waals surface area contributed by atoms with E-state index < -0.39 is 0 Å². The molecule has 1 heterocycles. The molecule has 0 saturated heterocycles. The minimum atomic E-state index is -0.330. The van der Waals surface area contributed by atoms with E-state index in [1.165, 1.54) is 12.1 Å². The van der Waals surface area contributed by atoms with E-state index in [0.29, 0.717) is 17.4 Å². The maximum atomic E-state index is 13.8. The van der Waals surface area contributed by atoms with E-state index in [2.05, 4.69) is 10.3 Å². The first kappa shape index (κ1) is 16.4. The van der Waals surface area contributed by atoms with Crippen molar-refractivity contribution in [2.24, 2.45) is 5.73 Å². The molecule has 0 aliphatic heterocycles. The summed E-state index contributed by atoms with van der Waals surface area (Å²) in [5.41, 5.74) is 10.1. The van der Waals surface area contributed by atoms with Crippen LogP contribution in [0.25, 0.3) is 22.0 Å². The number of anilines is 1. The molecule has 5 heteroatoms. The van der Waals surface area contributed by atoms with E-state index >= 15 is 0 Å². The molecule has 0 saturated carbocycles. The van der Waals surface area contributed by atoms with Crippen LogP contribution in [0.4, 0.5) is 10.1 Å². The molecule has 1 atom stereocenters. The van der Waals surface area contributed by atoms with Crippen molar-refractivity contribution >= 4 is 16.6 Å². The molecule has 0 spiro atoms. The Hall–Kier alpha value is -2.50. The molecule has 4 N–H and O–H groups in total. The Morgan fingerprint density at radius 3 is 2.62 bits per heavy atom. The van der Waals surface area contributed by atoms with Gasteiger partial charge in [0, 0.05) is 23.5 Å². The van der Waals surface area contributed by atoms with E-state index in [1.807, 2.05) is 37.3 Å². The molecule has 0 amide bonds. The summed E-state index contributed by atoms with van der Waals surface area (Å²) in [5, 5.41) is 13.1. The Morgan fingerprint density at radius 1 is 1.21 bits per heavy atom. The van der Waals surface area contributed by atoms with Gasteiger partial charge in [-0.05, 0) is 30.7 Å². The van der Waals surface area contributed by atoms with Crippen molar-refractivity contribution in [3.8, 4) is 11.1 Å². The van der Waals surface area contributed by atoms with E-state index in [0.717, 1.165) is 22.5 Å². The molecule has 2 aromatic carbocycles. The van der Waals surface area contributed by atoms with Crippen molar-refractivity contribution < 1.29 is 9.50 Å². The summed E-state index contributed by atoms with van der Waals surface area (Å²) >= 11 is 0. The van der Waals surface area contributed by atoms with Crippen molar-refractivity contribution in [2.45, 2.75) is 13.0 Å². The standard InChI is InChI=1S/C19H20FN3O/c1-12(21)18-17(13-5-3-2-4-6-13)19(22-9-10-24)15-11-14(20)7-8-16(15)23-18/h2-8,11-12,24H,9-10,21H2,1H3,(H,22,23). The van der Waals surface area contributed by atoms with Gasteiger partial charge in [-0.15, -0.1) is 0 Å². The van der Waals surface area contributed by atoms with Gasteiger partial charge >= 0.3 is 0 Å². The highest BCUT2D eigenvalue weighted by Crippen LogP contribution is 2.38. The molecule has 124 valence electrons. The van der Waals surface area contributed by atoms with Crippen LogP contribution < -0.4 is 11.1 Å². The Labute approximate surface area is 140 Å². The average Bonchev–Trinajstić information content (AvgIpc) is 2.59. The maximum absolute atomic E-state index is 13.8. The van der Waals surface area contributed by atoms with Crippen LogP contribution in [0.2, 0.25) is 0 Å². The third-order valence-corrected chi connectivity index (χ3v) is 3.88. The lowest BCUT2D eigenvalue weighted by atomic mass is 9.96. The van der Waals surface area contributed by atoms with Crippen molar-refractivity contribution in [1.29, 1.82) is 0 Å². The molecular weight excluding hydrogens is 305 g/mol. The third kappa shape index (κ3) is 3.09. The summed E-state index contributed by atoms with van der Waals surface area (Å²) in [6.45, 7) is 2.20. The number of hydrogen-bond acceptors (Lipinski definition) is 4. The molecule has 4 nitrogen and oxygen atoms in total. The predicted octanol–water partition coefficient (Wildman–Crippen LogP) is 3.46. The lowest BCUT2D eigenvalue weighted by Crippen LogP contribution is -2.14. The SMILES string of the molecule is CC(N)c1nc2ccc(F)cc2c(NCCO)c1-c1ccccc1. The number of nitrogens with one attached hydrogen (secondary N) is 1. The number of hydrogen-bond donors (Lipinski definition) is 3. The van der Waals surface area contributed by atoms with E-state index in [1.54, 1.807) is 6.07 Å². The number of nitrogens with two attached hydrogens (primary N) is 1. The number of pyridine rings is 1. The van der Waals surface area contributed by atoms with Gasteiger partial charge < -0.3 is 16.2 Å². The number of benzene rings is 2. The van der Waals surface area contributed by atoms with Crippen LogP contribution in [-0.4, -0.2) is 23.2 Å². The van der Waals surface area contributed by atoms with Crippen LogP contribution in [0, 0.1) is 5.82 Å². The molecule has 0 aliphatic rings. The number of aliphatic hydroxyl groups excluding tert-OH is 1. The highest BCUT2D eigenvalue weighted by Gasteiger charge is 2.19. The van der Waals surface area contributed by atoms with Crippen molar-refractivity contribution in [2.75, 3.05) is 18.5 Å². The summed E-state index contributed by atoms with van der Waals surface area (Å²) < 4.78 is 13.8. The Morgan fingerprint density at radius 2 is 1.96 bits per heavy atom. The van der Waals surface area contributed by atoms with Crippen molar-refractivity contribution in [3.63, 3.8) is 0 Å². The van der Waals surface area contributed by atoms with Gasteiger partial charge in [-0.1, -0.05) is 30.3 Å². The summed E-state index contributed by atoms with van der Waals surface area (Å²) in [5.74, 6) is -0.330. The number of halogens is 1. The van der Waals surface area contributed by atoms with Crippen LogP contribution >= 0.6 is 0 Å². The average molecular weight is 325 g/mol. The second kappa shape index (κ2) is 6.95. The van der Waals surface area contributed by atoms with Crippen LogP contribution in [0.3, 0.4) is 0 Å². The normalized spacial score (nSPS) is 12.3. The zero-order chi connectivity index (χ0) is 17.1. The number of fused-ring (bicyclic) bond motifs is 1. The van der Waals surface area contributed by atoms with Gasteiger partial charge in [-0.3, -0.25) is 4.98 Å². The number of nitrogens with zero attached hydrogens (tertiary/aromatic N) is 1. The maximum Gasteiger partial charge on any atom is 0.124 e. The summed E-state index contributed by atoms with van der Waals surface area (Å²) in [6, 6.07) is 14.0. The molecular formula is C19H20FN3O. The quantitative estimate of drug-likeness (QED) is 0.672. The first-order valence-corrected chi connectivity index (χ1v) is 7.90. The lowest BCUT2D eigenvalue weighted by Gasteiger charge is -2.20. The molecule has 0 bridgehead atoms. The highest BCUT2D eigenvalue weighted by molar-refractivity contribution is 6.00. The predicted molar refractivity (Wildman–Crippen MR) is 95.3 cm³/mol. The molecule has 3 aromatic rings. The van der Waals surface area contributed by atoms with Crippen LogP contribution in [0.5, 0.6) is 0 Å². The van der Waals surface area contributed by atoms with Gasteiger partial charge in [0.05, 0.1) is 23.5 Å². The molecule has 0 fully saturated rings.